The first kappa shape index (κ1) is 11.9. The van der Waals surface area contributed by atoms with Gasteiger partial charge < -0.3 is 10.1 Å². The number of nitrogens with zero attached hydrogens (tertiary/aromatic N) is 1. The second kappa shape index (κ2) is 4.35. The Morgan fingerprint density at radius 2 is 2.31 bits per heavy atom. The molecule has 0 radical (unpaired) electrons. The topological polar surface area (TPSA) is 45.0 Å². The van der Waals surface area contributed by atoms with Crippen LogP contribution in [0.25, 0.3) is 0 Å². The molecule has 0 amide bonds. The second-order valence-corrected chi connectivity index (χ2v) is 5.83. The molecule has 1 N–H and O–H groups in total. The van der Waals surface area contributed by atoms with Crippen LogP contribution >= 0.6 is 0 Å². The Morgan fingerprint density at radius 1 is 1.56 bits per heavy atom. The normalized spacial score (nSPS) is 38.0. The fourth-order valence-electron chi connectivity index (χ4n) is 3.29. The zero-order chi connectivity index (χ0) is 11.8. The maximum absolute atomic E-state index is 8.79. The van der Waals surface area contributed by atoms with E-state index in [1.165, 1.54) is 12.8 Å². The summed E-state index contributed by atoms with van der Waals surface area (Å²) >= 11 is 0. The summed E-state index contributed by atoms with van der Waals surface area (Å²) in [7, 11) is 0. The van der Waals surface area contributed by atoms with Crippen molar-refractivity contribution < 1.29 is 4.74 Å². The van der Waals surface area contributed by atoms with Gasteiger partial charge in [0.05, 0.1) is 18.1 Å². The van der Waals surface area contributed by atoms with E-state index in [9.17, 15) is 0 Å². The molecule has 2 aliphatic rings. The SMILES string of the molecule is CC(C#N)CNC1C2CCCOC2C1(C)C. The van der Waals surface area contributed by atoms with E-state index in [2.05, 4.69) is 25.2 Å². The summed E-state index contributed by atoms with van der Waals surface area (Å²) in [6.45, 7) is 8.23. The first-order valence-electron chi connectivity index (χ1n) is 6.32. The van der Waals surface area contributed by atoms with E-state index in [-0.39, 0.29) is 11.3 Å². The molecule has 90 valence electrons. The van der Waals surface area contributed by atoms with E-state index in [1.54, 1.807) is 0 Å². The monoisotopic (exact) mass is 222 g/mol. The molecule has 1 heterocycles. The Morgan fingerprint density at radius 3 is 3.00 bits per heavy atom. The average molecular weight is 222 g/mol. The van der Waals surface area contributed by atoms with Gasteiger partial charge in [0.2, 0.25) is 0 Å². The summed E-state index contributed by atoms with van der Waals surface area (Å²) in [6, 6.07) is 2.80. The number of nitriles is 1. The largest absolute Gasteiger partial charge is 0.377 e. The third-order valence-electron chi connectivity index (χ3n) is 4.20. The molecule has 1 aliphatic carbocycles. The molecular formula is C13H22N2O. The van der Waals surface area contributed by atoms with Crippen LogP contribution in [0.5, 0.6) is 0 Å². The molecule has 1 aliphatic heterocycles. The summed E-state index contributed by atoms with van der Waals surface area (Å²) < 4.78 is 5.85. The molecule has 3 heteroatoms. The van der Waals surface area contributed by atoms with Gasteiger partial charge in [-0.2, -0.15) is 5.26 Å². The minimum absolute atomic E-state index is 0.0966. The summed E-state index contributed by atoms with van der Waals surface area (Å²) in [5.74, 6) is 0.758. The highest BCUT2D eigenvalue weighted by Gasteiger charge is 2.57. The molecule has 4 atom stereocenters. The lowest BCUT2D eigenvalue weighted by molar-refractivity contribution is -0.192. The Hall–Kier alpha value is -0.590. The van der Waals surface area contributed by atoms with Crippen molar-refractivity contribution in [3.63, 3.8) is 0 Å². The fourth-order valence-corrected chi connectivity index (χ4v) is 3.29. The van der Waals surface area contributed by atoms with Gasteiger partial charge in [-0.3, -0.25) is 0 Å². The molecule has 2 fully saturated rings. The number of rotatable bonds is 3. The number of hydrogen-bond donors (Lipinski definition) is 1. The molecule has 0 spiro atoms. The zero-order valence-electron chi connectivity index (χ0n) is 10.5. The van der Waals surface area contributed by atoms with Gasteiger partial charge in [0.1, 0.15) is 0 Å². The Labute approximate surface area is 98.2 Å². The Balaban J connectivity index is 1.92. The molecule has 0 aromatic carbocycles. The average Bonchev–Trinajstić information content (AvgIpc) is 2.28. The molecular weight excluding hydrogens is 200 g/mol. The van der Waals surface area contributed by atoms with E-state index in [1.807, 2.05) is 6.92 Å². The molecule has 16 heavy (non-hydrogen) atoms. The summed E-state index contributed by atoms with van der Waals surface area (Å²) in [5.41, 5.74) is 0.222. The minimum atomic E-state index is 0.0966. The van der Waals surface area contributed by atoms with Crippen LogP contribution in [0.15, 0.2) is 0 Å². The van der Waals surface area contributed by atoms with E-state index in [0.29, 0.717) is 18.1 Å². The number of hydrogen-bond acceptors (Lipinski definition) is 3. The molecule has 0 aromatic heterocycles. The van der Waals surface area contributed by atoms with Crippen LogP contribution in [0.4, 0.5) is 0 Å². The molecule has 0 aromatic rings. The summed E-state index contributed by atoms with van der Waals surface area (Å²) in [5, 5.41) is 12.3. The van der Waals surface area contributed by atoms with Gasteiger partial charge in [-0.1, -0.05) is 13.8 Å². The highest BCUT2D eigenvalue weighted by Crippen LogP contribution is 2.51. The molecule has 4 unspecified atom stereocenters. The standard InChI is InChI=1S/C13H22N2O/c1-9(7-14)8-15-11-10-5-4-6-16-12(10)13(11,2)3/h9-12,15H,4-6,8H2,1-3H3. The van der Waals surface area contributed by atoms with Gasteiger partial charge in [-0.25, -0.2) is 0 Å². The first-order chi connectivity index (χ1) is 7.57. The molecule has 2 rings (SSSR count). The summed E-state index contributed by atoms with van der Waals surface area (Å²) in [6.07, 6.45) is 2.88. The second-order valence-electron chi connectivity index (χ2n) is 5.83. The van der Waals surface area contributed by atoms with Crippen molar-refractivity contribution in [3.05, 3.63) is 0 Å². The van der Waals surface area contributed by atoms with Crippen molar-refractivity contribution in [3.8, 4) is 6.07 Å². The Bertz CT molecular complexity index is 295. The third-order valence-corrected chi connectivity index (χ3v) is 4.20. The first-order valence-corrected chi connectivity index (χ1v) is 6.32. The van der Waals surface area contributed by atoms with Crippen LogP contribution in [0.2, 0.25) is 0 Å². The Kier molecular flexibility index (Phi) is 3.23. The van der Waals surface area contributed by atoms with Crippen LogP contribution in [-0.2, 0) is 4.74 Å². The van der Waals surface area contributed by atoms with Gasteiger partial charge in [-0.05, 0) is 19.8 Å². The van der Waals surface area contributed by atoms with Crippen LogP contribution in [0, 0.1) is 28.6 Å². The van der Waals surface area contributed by atoms with Crippen molar-refractivity contribution in [1.82, 2.24) is 5.32 Å². The lowest BCUT2D eigenvalue weighted by Crippen LogP contribution is -2.69. The van der Waals surface area contributed by atoms with E-state index < -0.39 is 0 Å². The number of nitrogens with one attached hydrogen (secondary N) is 1. The van der Waals surface area contributed by atoms with Crippen molar-refractivity contribution >= 4 is 0 Å². The van der Waals surface area contributed by atoms with Gasteiger partial charge in [0.15, 0.2) is 0 Å². The highest BCUT2D eigenvalue weighted by molar-refractivity contribution is 5.10. The van der Waals surface area contributed by atoms with E-state index in [0.717, 1.165) is 13.2 Å². The lowest BCUT2D eigenvalue weighted by Gasteiger charge is -2.60. The molecule has 0 bridgehead atoms. The zero-order valence-corrected chi connectivity index (χ0v) is 10.5. The maximum Gasteiger partial charge on any atom is 0.0684 e. The van der Waals surface area contributed by atoms with Gasteiger partial charge in [0, 0.05) is 30.5 Å². The van der Waals surface area contributed by atoms with Crippen molar-refractivity contribution in [2.24, 2.45) is 17.3 Å². The van der Waals surface area contributed by atoms with Crippen molar-refractivity contribution in [2.45, 2.75) is 45.8 Å². The summed E-state index contributed by atoms with van der Waals surface area (Å²) in [4.78, 5) is 0. The maximum atomic E-state index is 8.79. The lowest BCUT2D eigenvalue weighted by atomic mass is 9.55. The van der Waals surface area contributed by atoms with Crippen molar-refractivity contribution in [2.75, 3.05) is 13.2 Å². The van der Waals surface area contributed by atoms with Gasteiger partial charge in [0.25, 0.3) is 0 Å². The van der Waals surface area contributed by atoms with E-state index >= 15 is 0 Å². The predicted octanol–water partition coefficient (Wildman–Crippen LogP) is 1.94. The van der Waals surface area contributed by atoms with Gasteiger partial charge in [-0.15, -0.1) is 0 Å². The highest BCUT2D eigenvalue weighted by atomic mass is 16.5. The van der Waals surface area contributed by atoms with Crippen LogP contribution in [0.3, 0.4) is 0 Å². The van der Waals surface area contributed by atoms with Crippen LogP contribution < -0.4 is 5.32 Å². The third kappa shape index (κ3) is 1.85. The van der Waals surface area contributed by atoms with Crippen LogP contribution in [0.1, 0.15) is 33.6 Å². The fraction of sp³-hybridized carbons (Fsp3) is 0.923. The van der Waals surface area contributed by atoms with Crippen molar-refractivity contribution in [1.29, 1.82) is 5.26 Å². The minimum Gasteiger partial charge on any atom is -0.377 e. The van der Waals surface area contributed by atoms with Gasteiger partial charge >= 0.3 is 0 Å². The smallest absolute Gasteiger partial charge is 0.0684 e. The predicted molar refractivity (Wildman–Crippen MR) is 62.8 cm³/mol. The molecule has 1 saturated carbocycles. The van der Waals surface area contributed by atoms with E-state index in [4.69, 9.17) is 10.00 Å². The molecule has 1 saturated heterocycles. The number of ether oxygens (including phenoxy) is 1. The molecule has 3 nitrogen and oxygen atoms in total. The van der Waals surface area contributed by atoms with Crippen LogP contribution in [-0.4, -0.2) is 25.3 Å². The number of fused-ring (bicyclic) bond motifs is 1. The quantitative estimate of drug-likeness (QED) is 0.793.